The highest BCUT2D eigenvalue weighted by Crippen LogP contribution is 2.35. The van der Waals surface area contributed by atoms with Gasteiger partial charge in [0.2, 0.25) is 0 Å². The van der Waals surface area contributed by atoms with Gasteiger partial charge >= 0.3 is 0 Å². The molecule has 0 radical (unpaired) electrons. The number of aromatic nitrogens is 3. The van der Waals surface area contributed by atoms with Crippen LogP contribution >= 0.6 is 22.9 Å². The van der Waals surface area contributed by atoms with E-state index in [0.717, 1.165) is 51.0 Å². The number of fused-ring (bicyclic) bond motifs is 1. The fourth-order valence-electron chi connectivity index (χ4n) is 3.59. The van der Waals surface area contributed by atoms with Crippen LogP contribution in [0.15, 0.2) is 48.1 Å². The maximum absolute atomic E-state index is 12.6. The van der Waals surface area contributed by atoms with Gasteiger partial charge in [0.25, 0.3) is 5.91 Å². The number of rotatable bonds is 4. The van der Waals surface area contributed by atoms with Crippen LogP contribution in [0.25, 0.3) is 21.5 Å². The molecule has 7 nitrogen and oxygen atoms in total. The molecule has 152 valence electrons. The number of nitrogens with zero attached hydrogens (tertiary/aromatic N) is 5. The number of methoxy groups -OCH3 is 1. The normalized spacial score (nSPS) is 14.3. The zero-order chi connectivity index (χ0) is 20.5. The van der Waals surface area contributed by atoms with Gasteiger partial charge in [0.1, 0.15) is 28.0 Å². The Labute approximate surface area is 181 Å². The number of thiophene rings is 1. The Kier molecular flexibility index (Phi) is 5.06. The molecule has 0 atom stereocenters. The molecular weight excluding hydrogens is 418 g/mol. The standard InChI is InChI=1S/C21H19N5O2S2/c1-28-15-6-4-14(5-7-15)17-18-19(30-24-17)20(23-13-22-18)25-8-10-26(11-9-25)21(27)16-3-2-12-29-16/h2-7,12-13H,8-11H2,1H3. The van der Waals surface area contributed by atoms with Gasteiger partial charge in [-0.05, 0) is 47.2 Å². The number of carbonyl (C=O) groups excluding carboxylic acids is 1. The van der Waals surface area contributed by atoms with Crippen molar-refractivity contribution in [3.05, 3.63) is 53.0 Å². The molecule has 0 saturated carbocycles. The second-order valence-electron chi connectivity index (χ2n) is 6.89. The Hall–Kier alpha value is -3.04. The van der Waals surface area contributed by atoms with Crippen molar-refractivity contribution in [2.75, 3.05) is 38.2 Å². The first-order chi connectivity index (χ1) is 14.7. The van der Waals surface area contributed by atoms with Gasteiger partial charge in [-0.3, -0.25) is 4.79 Å². The van der Waals surface area contributed by atoms with Gasteiger partial charge < -0.3 is 14.5 Å². The summed E-state index contributed by atoms with van der Waals surface area (Å²) in [6.07, 6.45) is 1.60. The lowest BCUT2D eigenvalue weighted by Gasteiger charge is -2.35. The molecule has 1 aromatic carbocycles. The van der Waals surface area contributed by atoms with Crippen LogP contribution in [0.1, 0.15) is 9.67 Å². The smallest absolute Gasteiger partial charge is 0.264 e. The van der Waals surface area contributed by atoms with Crippen LogP contribution in [0.5, 0.6) is 5.75 Å². The van der Waals surface area contributed by atoms with E-state index in [1.54, 1.807) is 13.4 Å². The van der Waals surface area contributed by atoms with Crippen LogP contribution < -0.4 is 9.64 Å². The van der Waals surface area contributed by atoms with Crippen molar-refractivity contribution >= 4 is 44.8 Å². The van der Waals surface area contributed by atoms with E-state index < -0.39 is 0 Å². The SMILES string of the molecule is COc1ccc(-c2nsc3c(N4CCN(C(=O)c5cccs5)CC4)ncnc23)cc1. The lowest BCUT2D eigenvalue weighted by Crippen LogP contribution is -2.48. The largest absolute Gasteiger partial charge is 0.497 e. The highest BCUT2D eigenvalue weighted by molar-refractivity contribution is 7.14. The molecule has 1 saturated heterocycles. The summed E-state index contributed by atoms with van der Waals surface area (Å²) in [5, 5.41) is 1.94. The summed E-state index contributed by atoms with van der Waals surface area (Å²) in [6.45, 7) is 2.82. The zero-order valence-electron chi connectivity index (χ0n) is 16.3. The summed E-state index contributed by atoms with van der Waals surface area (Å²) in [4.78, 5) is 26.6. The Morgan fingerprint density at radius 2 is 1.87 bits per heavy atom. The molecule has 1 amide bonds. The minimum atomic E-state index is 0.108. The molecule has 3 aromatic heterocycles. The molecule has 1 aliphatic rings. The van der Waals surface area contributed by atoms with Crippen molar-refractivity contribution in [1.82, 2.24) is 19.2 Å². The van der Waals surface area contributed by atoms with Gasteiger partial charge in [0.15, 0.2) is 5.82 Å². The van der Waals surface area contributed by atoms with E-state index >= 15 is 0 Å². The third-order valence-electron chi connectivity index (χ3n) is 5.20. The van der Waals surface area contributed by atoms with E-state index in [0.29, 0.717) is 13.1 Å². The molecule has 30 heavy (non-hydrogen) atoms. The average molecular weight is 438 g/mol. The van der Waals surface area contributed by atoms with E-state index in [2.05, 4.69) is 19.2 Å². The molecule has 1 aliphatic heterocycles. The monoisotopic (exact) mass is 437 g/mol. The summed E-state index contributed by atoms with van der Waals surface area (Å²) >= 11 is 2.90. The number of anilines is 1. The van der Waals surface area contributed by atoms with Gasteiger partial charge in [0.05, 0.1) is 12.0 Å². The molecule has 1 fully saturated rings. The van der Waals surface area contributed by atoms with Gasteiger partial charge in [0, 0.05) is 31.7 Å². The highest BCUT2D eigenvalue weighted by Gasteiger charge is 2.25. The van der Waals surface area contributed by atoms with E-state index in [9.17, 15) is 4.79 Å². The van der Waals surface area contributed by atoms with Crippen LogP contribution in [-0.4, -0.2) is 58.4 Å². The number of hydrogen-bond donors (Lipinski definition) is 0. The van der Waals surface area contributed by atoms with Gasteiger partial charge in [-0.1, -0.05) is 6.07 Å². The average Bonchev–Trinajstić information content (AvgIpc) is 3.49. The van der Waals surface area contributed by atoms with Crippen LogP contribution in [-0.2, 0) is 0 Å². The minimum Gasteiger partial charge on any atom is -0.497 e. The maximum atomic E-state index is 12.6. The van der Waals surface area contributed by atoms with Crippen LogP contribution in [0.3, 0.4) is 0 Å². The minimum absolute atomic E-state index is 0.108. The third kappa shape index (κ3) is 3.40. The Balaban J connectivity index is 1.38. The number of benzene rings is 1. The van der Waals surface area contributed by atoms with Crippen molar-refractivity contribution in [1.29, 1.82) is 0 Å². The van der Waals surface area contributed by atoms with Crippen molar-refractivity contribution in [3.8, 4) is 17.0 Å². The second-order valence-corrected chi connectivity index (χ2v) is 8.61. The summed E-state index contributed by atoms with van der Waals surface area (Å²) in [6, 6.07) is 11.6. The first-order valence-corrected chi connectivity index (χ1v) is 11.2. The topological polar surface area (TPSA) is 71.5 Å². The number of amides is 1. The van der Waals surface area contributed by atoms with Crippen molar-refractivity contribution in [2.24, 2.45) is 0 Å². The Morgan fingerprint density at radius 1 is 1.07 bits per heavy atom. The third-order valence-corrected chi connectivity index (χ3v) is 6.89. The van der Waals surface area contributed by atoms with E-state index in [1.165, 1.54) is 22.9 Å². The molecule has 0 N–H and O–H groups in total. The molecular formula is C21H19N5O2S2. The molecule has 9 heteroatoms. The van der Waals surface area contributed by atoms with E-state index in [1.807, 2.05) is 46.7 Å². The van der Waals surface area contributed by atoms with Crippen molar-refractivity contribution in [3.63, 3.8) is 0 Å². The quantitative estimate of drug-likeness (QED) is 0.484. The second kappa shape index (κ2) is 8.00. The predicted octanol–water partition coefficient (Wildman–Crippen LogP) is 3.79. The molecule has 0 spiro atoms. The van der Waals surface area contributed by atoms with Crippen LogP contribution in [0.4, 0.5) is 5.82 Å². The van der Waals surface area contributed by atoms with Crippen LogP contribution in [0, 0.1) is 0 Å². The predicted molar refractivity (Wildman–Crippen MR) is 120 cm³/mol. The summed E-state index contributed by atoms with van der Waals surface area (Å²) in [7, 11) is 1.65. The van der Waals surface area contributed by atoms with E-state index in [4.69, 9.17) is 4.74 Å². The molecule has 0 bridgehead atoms. The molecule has 0 aliphatic carbocycles. The molecule has 0 unspecified atom stereocenters. The first-order valence-electron chi connectivity index (χ1n) is 9.57. The fraction of sp³-hybridized carbons (Fsp3) is 0.238. The van der Waals surface area contributed by atoms with Crippen molar-refractivity contribution in [2.45, 2.75) is 0 Å². The first kappa shape index (κ1) is 19.0. The van der Waals surface area contributed by atoms with Gasteiger partial charge in [-0.2, -0.15) is 4.37 Å². The van der Waals surface area contributed by atoms with Gasteiger partial charge in [-0.15, -0.1) is 11.3 Å². The number of hydrogen-bond acceptors (Lipinski definition) is 8. The highest BCUT2D eigenvalue weighted by atomic mass is 32.1. The fourth-order valence-corrected chi connectivity index (χ4v) is 5.16. The maximum Gasteiger partial charge on any atom is 0.264 e. The molecule has 4 aromatic rings. The summed E-state index contributed by atoms with van der Waals surface area (Å²) in [5.74, 6) is 1.81. The lowest BCUT2D eigenvalue weighted by molar-refractivity contribution is 0.0751. The molecule has 5 rings (SSSR count). The lowest BCUT2D eigenvalue weighted by atomic mass is 10.1. The van der Waals surface area contributed by atoms with Gasteiger partial charge in [-0.25, -0.2) is 9.97 Å². The zero-order valence-corrected chi connectivity index (χ0v) is 17.9. The Bertz CT molecular complexity index is 1170. The number of carbonyl (C=O) groups is 1. The number of piperazine rings is 1. The summed E-state index contributed by atoms with van der Waals surface area (Å²) < 4.78 is 10.9. The number of ether oxygens (including phenoxy) is 1. The summed E-state index contributed by atoms with van der Waals surface area (Å²) in [5.41, 5.74) is 2.71. The van der Waals surface area contributed by atoms with Crippen molar-refractivity contribution < 1.29 is 9.53 Å². The van der Waals surface area contributed by atoms with Crippen LogP contribution in [0.2, 0.25) is 0 Å². The molecule has 4 heterocycles. The Morgan fingerprint density at radius 3 is 2.57 bits per heavy atom. The van der Waals surface area contributed by atoms with E-state index in [-0.39, 0.29) is 5.91 Å².